The first-order valence-corrected chi connectivity index (χ1v) is 7.10. The number of hydrazone groups is 1. The number of nitrogens with zero attached hydrogens (tertiary/aromatic N) is 1. The van der Waals surface area contributed by atoms with Gasteiger partial charge in [-0.15, -0.1) is 0 Å². The van der Waals surface area contributed by atoms with E-state index < -0.39 is 6.03 Å². The molecular weight excluding hydrogens is 350 g/mol. The Morgan fingerprint density at radius 3 is 2.68 bits per heavy atom. The topological polar surface area (TPSA) is 83.0 Å². The highest BCUT2D eigenvalue weighted by atomic mass is 79.9. The van der Waals surface area contributed by atoms with Crippen LogP contribution in [0.4, 0.5) is 10.5 Å². The van der Waals surface area contributed by atoms with Crippen LogP contribution in [-0.4, -0.2) is 24.5 Å². The highest BCUT2D eigenvalue weighted by Crippen LogP contribution is 2.25. The lowest BCUT2D eigenvalue weighted by Crippen LogP contribution is -2.24. The van der Waals surface area contributed by atoms with Crippen molar-refractivity contribution < 1.29 is 14.6 Å². The minimum atomic E-state index is -0.454. The highest BCUT2D eigenvalue weighted by molar-refractivity contribution is 9.10. The van der Waals surface area contributed by atoms with Gasteiger partial charge >= 0.3 is 6.03 Å². The van der Waals surface area contributed by atoms with E-state index in [1.807, 2.05) is 12.1 Å². The van der Waals surface area contributed by atoms with Crippen LogP contribution in [0.25, 0.3) is 0 Å². The van der Waals surface area contributed by atoms with Gasteiger partial charge in [-0.25, -0.2) is 10.2 Å². The molecule has 2 rings (SSSR count). The van der Waals surface area contributed by atoms with Gasteiger partial charge < -0.3 is 15.2 Å². The number of aromatic hydroxyl groups is 1. The van der Waals surface area contributed by atoms with Crippen LogP contribution in [0.15, 0.2) is 52.0 Å². The molecule has 0 unspecified atom stereocenters. The average Bonchev–Trinajstić information content (AvgIpc) is 2.51. The van der Waals surface area contributed by atoms with Crippen LogP contribution >= 0.6 is 15.9 Å². The van der Waals surface area contributed by atoms with Gasteiger partial charge in [-0.05, 0) is 48.0 Å². The first-order chi connectivity index (χ1) is 10.6. The molecule has 0 aliphatic carbocycles. The molecule has 0 radical (unpaired) electrons. The maximum absolute atomic E-state index is 11.7. The monoisotopic (exact) mass is 363 g/mol. The summed E-state index contributed by atoms with van der Waals surface area (Å²) in [6.07, 6.45) is 1.45. The Morgan fingerprint density at radius 1 is 1.27 bits per heavy atom. The minimum Gasteiger partial charge on any atom is -0.504 e. The van der Waals surface area contributed by atoms with Crippen molar-refractivity contribution in [3.05, 3.63) is 52.5 Å². The molecule has 0 fully saturated rings. The van der Waals surface area contributed by atoms with Crippen molar-refractivity contribution in [3.8, 4) is 11.5 Å². The van der Waals surface area contributed by atoms with Gasteiger partial charge in [0, 0.05) is 10.2 Å². The van der Waals surface area contributed by atoms with Crippen molar-refractivity contribution >= 4 is 33.9 Å². The molecule has 2 aromatic rings. The fourth-order valence-electron chi connectivity index (χ4n) is 1.63. The number of phenols is 1. The zero-order valence-electron chi connectivity index (χ0n) is 11.7. The van der Waals surface area contributed by atoms with E-state index in [0.29, 0.717) is 17.0 Å². The first-order valence-electron chi connectivity index (χ1n) is 6.31. The molecular formula is C15H14BrN3O3. The fourth-order valence-corrected chi connectivity index (χ4v) is 1.90. The van der Waals surface area contributed by atoms with E-state index in [1.165, 1.54) is 19.4 Å². The number of hydrogen-bond donors (Lipinski definition) is 3. The summed E-state index contributed by atoms with van der Waals surface area (Å²) in [4.78, 5) is 11.7. The number of methoxy groups -OCH3 is 1. The van der Waals surface area contributed by atoms with E-state index in [9.17, 15) is 9.90 Å². The molecule has 114 valence electrons. The highest BCUT2D eigenvalue weighted by Gasteiger charge is 2.02. The molecule has 6 nitrogen and oxygen atoms in total. The van der Waals surface area contributed by atoms with Gasteiger partial charge in [0.1, 0.15) is 0 Å². The van der Waals surface area contributed by atoms with Gasteiger partial charge in [-0.3, -0.25) is 0 Å². The van der Waals surface area contributed by atoms with Gasteiger partial charge in [0.05, 0.1) is 13.3 Å². The lowest BCUT2D eigenvalue weighted by molar-refractivity contribution is 0.252. The summed E-state index contributed by atoms with van der Waals surface area (Å²) in [6, 6.07) is 11.5. The van der Waals surface area contributed by atoms with E-state index in [0.717, 1.165) is 4.47 Å². The van der Waals surface area contributed by atoms with E-state index in [1.54, 1.807) is 24.3 Å². The summed E-state index contributed by atoms with van der Waals surface area (Å²) in [7, 11) is 1.46. The average molecular weight is 364 g/mol. The first kappa shape index (κ1) is 15.8. The molecule has 0 saturated heterocycles. The Morgan fingerprint density at radius 2 is 2.00 bits per heavy atom. The van der Waals surface area contributed by atoms with E-state index in [-0.39, 0.29) is 5.75 Å². The SMILES string of the molecule is COc1cc(/C=N/NC(=O)Nc2ccc(Br)cc2)ccc1O. The summed E-state index contributed by atoms with van der Waals surface area (Å²) < 4.78 is 5.91. The lowest BCUT2D eigenvalue weighted by Gasteiger charge is -2.05. The van der Waals surface area contributed by atoms with Crippen molar-refractivity contribution in [3.63, 3.8) is 0 Å². The molecule has 0 aromatic heterocycles. The summed E-state index contributed by atoms with van der Waals surface area (Å²) >= 11 is 3.32. The molecule has 0 aliphatic rings. The number of hydrogen-bond acceptors (Lipinski definition) is 4. The second-order valence-electron chi connectivity index (χ2n) is 4.26. The third-order valence-corrected chi connectivity index (χ3v) is 3.21. The van der Waals surface area contributed by atoms with Gasteiger partial charge in [0.2, 0.25) is 0 Å². The Kier molecular flexibility index (Phi) is 5.37. The van der Waals surface area contributed by atoms with Crippen LogP contribution in [0.5, 0.6) is 11.5 Å². The summed E-state index contributed by atoms with van der Waals surface area (Å²) in [6.45, 7) is 0. The molecule has 0 aliphatic heterocycles. The summed E-state index contributed by atoms with van der Waals surface area (Å²) in [5.74, 6) is 0.379. The quantitative estimate of drug-likeness (QED) is 0.575. The summed E-state index contributed by atoms with van der Waals surface area (Å²) in [5, 5.41) is 15.9. The standard InChI is InChI=1S/C15H14BrN3O3/c1-22-14-8-10(2-7-13(14)20)9-17-19-15(21)18-12-5-3-11(16)4-6-12/h2-9,20H,1H3,(H2,18,19,21)/b17-9+. The number of carbonyl (C=O) groups is 1. The normalized spacial score (nSPS) is 10.5. The van der Waals surface area contributed by atoms with E-state index in [2.05, 4.69) is 31.8 Å². The molecule has 0 heterocycles. The number of nitrogens with one attached hydrogen (secondary N) is 2. The number of phenolic OH excluding ortho intramolecular Hbond substituents is 1. The third-order valence-electron chi connectivity index (χ3n) is 2.69. The molecule has 2 amide bonds. The Bertz CT molecular complexity index is 687. The number of rotatable bonds is 4. The fraction of sp³-hybridized carbons (Fsp3) is 0.0667. The molecule has 0 atom stereocenters. The second-order valence-corrected chi connectivity index (χ2v) is 5.18. The smallest absolute Gasteiger partial charge is 0.339 e. The van der Waals surface area contributed by atoms with Gasteiger partial charge in [0.15, 0.2) is 11.5 Å². The number of halogens is 1. The Hall–Kier alpha value is -2.54. The molecule has 7 heteroatoms. The number of benzene rings is 2. The maximum atomic E-state index is 11.7. The molecule has 22 heavy (non-hydrogen) atoms. The molecule has 2 aromatic carbocycles. The maximum Gasteiger partial charge on any atom is 0.339 e. The predicted molar refractivity (Wildman–Crippen MR) is 88.5 cm³/mol. The van der Waals surface area contributed by atoms with Crippen LogP contribution in [0.2, 0.25) is 0 Å². The molecule has 0 bridgehead atoms. The van der Waals surface area contributed by atoms with Crippen molar-refractivity contribution in [2.75, 3.05) is 12.4 Å². The number of carbonyl (C=O) groups excluding carboxylic acids is 1. The number of urea groups is 1. The summed E-state index contributed by atoms with van der Waals surface area (Å²) in [5.41, 5.74) is 3.68. The largest absolute Gasteiger partial charge is 0.504 e. The van der Waals surface area contributed by atoms with E-state index >= 15 is 0 Å². The predicted octanol–water partition coefficient (Wildman–Crippen LogP) is 3.32. The molecule has 0 saturated carbocycles. The zero-order chi connectivity index (χ0) is 15.9. The van der Waals surface area contributed by atoms with E-state index in [4.69, 9.17) is 4.74 Å². The minimum absolute atomic E-state index is 0.0422. The van der Waals surface area contributed by atoms with Crippen molar-refractivity contribution in [1.29, 1.82) is 0 Å². The Labute approximate surface area is 135 Å². The number of anilines is 1. The van der Waals surface area contributed by atoms with Crippen LogP contribution in [0.3, 0.4) is 0 Å². The number of ether oxygens (including phenoxy) is 1. The van der Waals surface area contributed by atoms with Crippen LogP contribution in [0.1, 0.15) is 5.56 Å². The Balaban J connectivity index is 1.91. The third kappa shape index (κ3) is 4.49. The van der Waals surface area contributed by atoms with Crippen molar-refractivity contribution in [1.82, 2.24) is 5.43 Å². The van der Waals surface area contributed by atoms with Crippen molar-refractivity contribution in [2.24, 2.45) is 5.10 Å². The molecule has 3 N–H and O–H groups in total. The zero-order valence-corrected chi connectivity index (χ0v) is 13.3. The van der Waals surface area contributed by atoms with Gasteiger partial charge in [0.25, 0.3) is 0 Å². The second kappa shape index (κ2) is 7.46. The van der Waals surface area contributed by atoms with Crippen LogP contribution < -0.4 is 15.5 Å². The number of amides is 2. The van der Waals surface area contributed by atoms with Crippen LogP contribution in [0, 0.1) is 0 Å². The van der Waals surface area contributed by atoms with Crippen molar-refractivity contribution in [2.45, 2.75) is 0 Å². The van der Waals surface area contributed by atoms with Crippen LogP contribution in [-0.2, 0) is 0 Å². The lowest BCUT2D eigenvalue weighted by atomic mass is 10.2. The van der Waals surface area contributed by atoms with Gasteiger partial charge in [-0.1, -0.05) is 15.9 Å². The molecule has 0 spiro atoms. The van der Waals surface area contributed by atoms with Gasteiger partial charge in [-0.2, -0.15) is 5.10 Å².